The second-order valence-corrected chi connectivity index (χ2v) is 4.89. The van der Waals surface area contributed by atoms with Crippen molar-refractivity contribution >= 4 is 17.9 Å². The molecule has 3 nitrogen and oxygen atoms in total. The van der Waals surface area contributed by atoms with Crippen molar-refractivity contribution in [2.45, 2.75) is 27.7 Å². The molecule has 1 aromatic carbocycles. The summed E-state index contributed by atoms with van der Waals surface area (Å²) in [7, 11) is 0. The molecule has 0 radical (unpaired) electrons. The van der Waals surface area contributed by atoms with Gasteiger partial charge in [0.15, 0.2) is 0 Å². The van der Waals surface area contributed by atoms with Crippen LogP contribution in [0.3, 0.4) is 0 Å². The van der Waals surface area contributed by atoms with Crippen molar-refractivity contribution in [1.82, 2.24) is 4.98 Å². The van der Waals surface area contributed by atoms with E-state index in [0.717, 1.165) is 23.2 Å². The molecule has 0 atom stereocenters. The standard InChI is InChI=1S/C16H18N2O/c1-11-5-6-16(17-9-11)18(10-19)15-8-13(3)12(2)7-14(15)4/h5-10H,1-4H3. The molecule has 0 aliphatic rings. The SMILES string of the molecule is Cc1ccc(N(C=O)c2cc(C)c(C)cc2C)nc1. The molecular formula is C16H18N2O. The van der Waals surface area contributed by atoms with E-state index in [0.29, 0.717) is 5.82 Å². The Bertz CT molecular complexity index is 603. The van der Waals surface area contributed by atoms with Gasteiger partial charge in [0.1, 0.15) is 5.82 Å². The highest BCUT2D eigenvalue weighted by Gasteiger charge is 2.13. The number of nitrogens with zero attached hydrogens (tertiary/aromatic N) is 2. The maximum atomic E-state index is 11.4. The lowest BCUT2D eigenvalue weighted by Crippen LogP contribution is -2.17. The number of hydrogen-bond donors (Lipinski definition) is 0. The summed E-state index contributed by atoms with van der Waals surface area (Å²) in [6.07, 6.45) is 2.58. The van der Waals surface area contributed by atoms with Gasteiger partial charge in [0, 0.05) is 6.20 Å². The summed E-state index contributed by atoms with van der Waals surface area (Å²) in [5.74, 6) is 0.645. The van der Waals surface area contributed by atoms with Gasteiger partial charge in [-0.1, -0.05) is 12.1 Å². The number of benzene rings is 1. The Morgan fingerprint density at radius 2 is 1.68 bits per heavy atom. The summed E-state index contributed by atoms with van der Waals surface area (Å²) in [5, 5.41) is 0. The molecule has 0 fully saturated rings. The molecule has 3 heteroatoms. The van der Waals surface area contributed by atoms with E-state index in [1.165, 1.54) is 11.1 Å². The third kappa shape index (κ3) is 2.65. The Kier molecular flexibility index (Phi) is 3.65. The Balaban J connectivity index is 2.51. The smallest absolute Gasteiger partial charge is 0.219 e. The van der Waals surface area contributed by atoms with Crippen molar-refractivity contribution in [3.63, 3.8) is 0 Å². The summed E-state index contributed by atoms with van der Waals surface area (Å²) in [4.78, 5) is 17.3. The van der Waals surface area contributed by atoms with Crippen molar-refractivity contribution < 1.29 is 4.79 Å². The van der Waals surface area contributed by atoms with Gasteiger partial charge in [-0.2, -0.15) is 0 Å². The number of pyridine rings is 1. The molecule has 0 aliphatic heterocycles. The molecule has 0 bridgehead atoms. The van der Waals surface area contributed by atoms with Crippen LogP contribution in [0.15, 0.2) is 30.5 Å². The number of carbonyl (C=O) groups is 1. The fourth-order valence-electron chi connectivity index (χ4n) is 2.04. The van der Waals surface area contributed by atoms with Gasteiger partial charge in [0.2, 0.25) is 6.41 Å². The largest absolute Gasteiger partial charge is 0.278 e. The first-order chi connectivity index (χ1) is 9.02. The van der Waals surface area contributed by atoms with E-state index in [1.807, 2.05) is 39.0 Å². The number of rotatable bonds is 3. The summed E-state index contributed by atoms with van der Waals surface area (Å²) in [6, 6.07) is 7.93. The van der Waals surface area contributed by atoms with Gasteiger partial charge in [-0.15, -0.1) is 0 Å². The van der Waals surface area contributed by atoms with Gasteiger partial charge in [-0.05, 0) is 62.1 Å². The Morgan fingerprint density at radius 3 is 2.26 bits per heavy atom. The van der Waals surface area contributed by atoms with Crippen LogP contribution >= 0.6 is 0 Å². The summed E-state index contributed by atoms with van der Waals surface area (Å²) >= 11 is 0. The molecule has 1 aromatic heterocycles. The number of amides is 1. The van der Waals surface area contributed by atoms with Gasteiger partial charge in [-0.3, -0.25) is 9.69 Å². The minimum absolute atomic E-state index is 0.645. The Hall–Kier alpha value is -2.16. The first kappa shape index (κ1) is 13.3. The predicted octanol–water partition coefficient (Wildman–Crippen LogP) is 3.61. The van der Waals surface area contributed by atoms with Crippen molar-refractivity contribution in [2.24, 2.45) is 0 Å². The molecule has 2 rings (SSSR count). The molecule has 0 spiro atoms. The molecule has 0 unspecified atom stereocenters. The van der Waals surface area contributed by atoms with Crippen molar-refractivity contribution in [3.8, 4) is 0 Å². The van der Waals surface area contributed by atoms with E-state index in [-0.39, 0.29) is 0 Å². The Labute approximate surface area is 113 Å². The van der Waals surface area contributed by atoms with Crippen LogP contribution < -0.4 is 4.90 Å². The zero-order valence-electron chi connectivity index (χ0n) is 11.8. The normalized spacial score (nSPS) is 10.3. The topological polar surface area (TPSA) is 33.2 Å². The average Bonchev–Trinajstić information content (AvgIpc) is 2.38. The molecule has 19 heavy (non-hydrogen) atoms. The Morgan fingerprint density at radius 1 is 1.00 bits per heavy atom. The number of aryl methyl sites for hydroxylation is 4. The molecular weight excluding hydrogens is 236 g/mol. The van der Waals surface area contributed by atoms with Gasteiger partial charge in [0.05, 0.1) is 5.69 Å². The number of carbonyl (C=O) groups excluding carboxylic acids is 1. The maximum Gasteiger partial charge on any atom is 0.219 e. The lowest BCUT2D eigenvalue weighted by atomic mass is 10.0. The minimum atomic E-state index is 0.645. The zero-order chi connectivity index (χ0) is 14.0. The third-order valence-electron chi connectivity index (χ3n) is 3.32. The number of hydrogen-bond acceptors (Lipinski definition) is 2. The third-order valence-corrected chi connectivity index (χ3v) is 3.32. The molecule has 0 saturated carbocycles. The van der Waals surface area contributed by atoms with Gasteiger partial charge in [0.25, 0.3) is 0 Å². The van der Waals surface area contributed by atoms with Crippen LogP contribution in [0, 0.1) is 27.7 Å². The van der Waals surface area contributed by atoms with E-state index < -0.39 is 0 Å². The summed E-state index contributed by atoms with van der Waals surface area (Å²) < 4.78 is 0. The highest BCUT2D eigenvalue weighted by Crippen LogP contribution is 2.28. The summed E-state index contributed by atoms with van der Waals surface area (Å²) in [6.45, 7) is 8.10. The van der Waals surface area contributed by atoms with Crippen LogP contribution in [0.4, 0.5) is 11.5 Å². The fourth-order valence-corrected chi connectivity index (χ4v) is 2.04. The first-order valence-corrected chi connectivity index (χ1v) is 6.28. The van der Waals surface area contributed by atoms with Gasteiger partial charge < -0.3 is 0 Å². The average molecular weight is 254 g/mol. The molecule has 1 amide bonds. The lowest BCUT2D eigenvalue weighted by Gasteiger charge is -2.20. The van der Waals surface area contributed by atoms with Crippen molar-refractivity contribution in [2.75, 3.05) is 4.90 Å². The first-order valence-electron chi connectivity index (χ1n) is 6.28. The van der Waals surface area contributed by atoms with Crippen LogP contribution in [-0.2, 0) is 4.79 Å². The number of anilines is 2. The van der Waals surface area contributed by atoms with E-state index in [2.05, 4.69) is 18.0 Å². The monoisotopic (exact) mass is 254 g/mol. The van der Waals surface area contributed by atoms with Crippen LogP contribution in [0.5, 0.6) is 0 Å². The number of aromatic nitrogens is 1. The van der Waals surface area contributed by atoms with Crippen molar-refractivity contribution in [3.05, 3.63) is 52.7 Å². The minimum Gasteiger partial charge on any atom is -0.278 e. The van der Waals surface area contributed by atoms with E-state index in [4.69, 9.17) is 0 Å². The van der Waals surface area contributed by atoms with Gasteiger partial charge >= 0.3 is 0 Å². The molecule has 1 heterocycles. The molecule has 98 valence electrons. The van der Waals surface area contributed by atoms with E-state index in [9.17, 15) is 4.79 Å². The van der Waals surface area contributed by atoms with Crippen molar-refractivity contribution in [1.29, 1.82) is 0 Å². The van der Waals surface area contributed by atoms with Crippen LogP contribution in [0.2, 0.25) is 0 Å². The quantitative estimate of drug-likeness (QED) is 0.784. The molecule has 2 aromatic rings. The maximum absolute atomic E-state index is 11.4. The molecule has 0 N–H and O–H groups in total. The van der Waals surface area contributed by atoms with E-state index >= 15 is 0 Å². The molecule has 0 saturated heterocycles. The van der Waals surface area contributed by atoms with E-state index in [1.54, 1.807) is 11.1 Å². The zero-order valence-corrected chi connectivity index (χ0v) is 11.8. The van der Waals surface area contributed by atoms with Gasteiger partial charge in [-0.25, -0.2) is 4.98 Å². The second kappa shape index (κ2) is 5.22. The highest BCUT2D eigenvalue weighted by molar-refractivity contribution is 5.86. The van der Waals surface area contributed by atoms with Crippen LogP contribution in [-0.4, -0.2) is 11.4 Å². The van der Waals surface area contributed by atoms with Crippen LogP contribution in [0.25, 0.3) is 0 Å². The predicted molar refractivity (Wildman–Crippen MR) is 77.8 cm³/mol. The molecule has 0 aliphatic carbocycles. The second-order valence-electron chi connectivity index (χ2n) is 4.89. The lowest BCUT2D eigenvalue weighted by molar-refractivity contribution is -0.106. The van der Waals surface area contributed by atoms with Crippen LogP contribution in [0.1, 0.15) is 22.3 Å². The fraction of sp³-hybridized carbons (Fsp3) is 0.250. The highest BCUT2D eigenvalue weighted by atomic mass is 16.1. The summed E-state index contributed by atoms with van der Waals surface area (Å²) in [5.41, 5.74) is 5.42.